The highest BCUT2D eigenvalue weighted by Gasteiger charge is 2.46. The van der Waals surface area contributed by atoms with Crippen molar-refractivity contribution >= 4 is 17.0 Å². The number of nitrogen functional groups attached to an aromatic ring is 1. The van der Waals surface area contributed by atoms with Gasteiger partial charge in [0.2, 0.25) is 0 Å². The van der Waals surface area contributed by atoms with Crippen LogP contribution in [-0.4, -0.2) is 54.7 Å². The summed E-state index contributed by atoms with van der Waals surface area (Å²) in [5.41, 5.74) is 7.46. The van der Waals surface area contributed by atoms with E-state index in [9.17, 15) is 10.2 Å². The number of benzene rings is 2. The standard InChI is InChI=1S/C25H25N5O4/c1-2-25(16-9-5-3-6-10-16,17-11-7-4-8-12-17)33-13-18-20(31)21(32)24(34-18)30-15-29-19-22(26)27-14-28-23(19)30/h2-12,14-15,18,20-21,24,31-32H,1,13H2,(H2,26,27,28)/t18-,20-,21-,24-/m1/s1. The molecule has 9 heteroatoms. The van der Waals surface area contributed by atoms with Gasteiger partial charge in [-0.05, 0) is 11.1 Å². The molecule has 34 heavy (non-hydrogen) atoms. The van der Waals surface area contributed by atoms with E-state index >= 15 is 0 Å². The number of anilines is 1. The quantitative estimate of drug-likeness (QED) is 0.359. The predicted octanol–water partition coefficient (Wildman–Crippen LogP) is 2.17. The molecule has 1 saturated heterocycles. The van der Waals surface area contributed by atoms with Crippen LogP contribution in [-0.2, 0) is 15.1 Å². The van der Waals surface area contributed by atoms with Crippen LogP contribution in [0.2, 0.25) is 0 Å². The van der Waals surface area contributed by atoms with Crippen LogP contribution in [0.5, 0.6) is 0 Å². The first-order valence-electron chi connectivity index (χ1n) is 10.9. The molecule has 1 aliphatic heterocycles. The number of imidazole rings is 1. The summed E-state index contributed by atoms with van der Waals surface area (Å²) in [6.07, 6.45) is 0.339. The Balaban J connectivity index is 1.43. The minimum atomic E-state index is -1.23. The maximum Gasteiger partial charge on any atom is 0.167 e. The molecule has 0 saturated carbocycles. The Labute approximate surface area is 196 Å². The molecule has 2 aromatic carbocycles. The van der Waals surface area contributed by atoms with Crippen LogP contribution in [0, 0.1) is 0 Å². The number of rotatable bonds is 7. The molecule has 0 unspecified atom stereocenters. The normalized spacial score (nSPS) is 22.8. The maximum absolute atomic E-state index is 10.8. The molecular formula is C25H25N5O4. The van der Waals surface area contributed by atoms with Gasteiger partial charge < -0.3 is 25.4 Å². The fourth-order valence-electron chi connectivity index (χ4n) is 4.37. The van der Waals surface area contributed by atoms with Gasteiger partial charge in [0.1, 0.15) is 35.8 Å². The zero-order valence-corrected chi connectivity index (χ0v) is 18.3. The summed E-state index contributed by atoms with van der Waals surface area (Å²) in [4.78, 5) is 12.4. The van der Waals surface area contributed by atoms with Crippen molar-refractivity contribution in [1.29, 1.82) is 0 Å². The van der Waals surface area contributed by atoms with Crippen LogP contribution >= 0.6 is 0 Å². The van der Waals surface area contributed by atoms with Gasteiger partial charge >= 0.3 is 0 Å². The first-order chi connectivity index (χ1) is 16.5. The number of aliphatic hydroxyl groups is 2. The second-order valence-corrected chi connectivity index (χ2v) is 8.11. The molecule has 174 valence electrons. The summed E-state index contributed by atoms with van der Waals surface area (Å²) in [6, 6.07) is 19.4. The number of nitrogens with zero attached hydrogens (tertiary/aromatic N) is 4. The molecule has 1 aliphatic rings. The number of fused-ring (bicyclic) bond motifs is 1. The number of ether oxygens (including phenoxy) is 2. The summed E-state index contributed by atoms with van der Waals surface area (Å²) < 4.78 is 14.0. The van der Waals surface area contributed by atoms with Gasteiger partial charge in [-0.1, -0.05) is 73.3 Å². The second-order valence-electron chi connectivity index (χ2n) is 8.11. The van der Waals surface area contributed by atoms with Gasteiger partial charge in [-0.15, -0.1) is 0 Å². The Kier molecular flexibility index (Phi) is 5.84. The van der Waals surface area contributed by atoms with Crippen molar-refractivity contribution < 1.29 is 19.7 Å². The largest absolute Gasteiger partial charge is 0.387 e. The summed E-state index contributed by atoms with van der Waals surface area (Å²) in [5, 5.41) is 21.6. The lowest BCUT2D eigenvalue weighted by molar-refractivity contribution is -0.0922. The first-order valence-corrected chi connectivity index (χ1v) is 10.9. The number of aromatic nitrogens is 4. The Bertz CT molecular complexity index is 1240. The van der Waals surface area contributed by atoms with E-state index in [-0.39, 0.29) is 12.4 Å². The fraction of sp³-hybridized carbons (Fsp3) is 0.240. The van der Waals surface area contributed by atoms with Crippen molar-refractivity contribution in [3.05, 3.63) is 97.1 Å². The Morgan fingerprint density at radius 2 is 1.65 bits per heavy atom. The van der Waals surface area contributed by atoms with Crippen LogP contribution in [0.15, 0.2) is 86.0 Å². The average Bonchev–Trinajstić information content (AvgIpc) is 3.43. The molecule has 4 atom stereocenters. The highest BCUT2D eigenvalue weighted by atomic mass is 16.6. The van der Waals surface area contributed by atoms with Crippen LogP contribution < -0.4 is 5.73 Å². The molecule has 0 amide bonds. The summed E-state index contributed by atoms with van der Waals surface area (Å²) in [6.45, 7) is 4.04. The topological polar surface area (TPSA) is 129 Å². The number of nitrogens with two attached hydrogens (primary N) is 1. The van der Waals surface area contributed by atoms with Gasteiger partial charge in [-0.3, -0.25) is 4.57 Å². The van der Waals surface area contributed by atoms with E-state index in [2.05, 4.69) is 21.5 Å². The molecule has 4 N–H and O–H groups in total. The van der Waals surface area contributed by atoms with Gasteiger partial charge in [0.15, 0.2) is 17.7 Å². The molecule has 2 aromatic heterocycles. The maximum atomic E-state index is 10.8. The van der Waals surface area contributed by atoms with Gasteiger partial charge in [-0.25, -0.2) is 15.0 Å². The van der Waals surface area contributed by atoms with Crippen LogP contribution in [0.3, 0.4) is 0 Å². The molecule has 0 radical (unpaired) electrons. The molecule has 4 aromatic rings. The molecule has 0 aliphatic carbocycles. The zero-order valence-electron chi connectivity index (χ0n) is 18.3. The van der Waals surface area contributed by atoms with Gasteiger partial charge in [0.05, 0.1) is 12.9 Å². The van der Waals surface area contributed by atoms with E-state index in [1.54, 1.807) is 6.08 Å². The third-order valence-electron chi connectivity index (χ3n) is 6.17. The van der Waals surface area contributed by atoms with E-state index in [1.807, 2.05) is 60.7 Å². The molecule has 0 spiro atoms. The monoisotopic (exact) mass is 459 g/mol. The SMILES string of the molecule is C=CC(OC[C@H]1O[C@@H](n2cnc3c(N)ncnc32)[C@H](O)[C@@H]1O)(c1ccccc1)c1ccccc1. The minimum Gasteiger partial charge on any atom is -0.387 e. The smallest absolute Gasteiger partial charge is 0.167 e. The van der Waals surface area contributed by atoms with Gasteiger partial charge in [0, 0.05) is 0 Å². The van der Waals surface area contributed by atoms with Crippen molar-refractivity contribution in [2.45, 2.75) is 30.1 Å². The summed E-state index contributed by atoms with van der Waals surface area (Å²) in [7, 11) is 0. The van der Waals surface area contributed by atoms with E-state index in [0.29, 0.717) is 11.2 Å². The van der Waals surface area contributed by atoms with Crippen molar-refractivity contribution in [2.75, 3.05) is 12.3 Å². The van der Waals surface area contributed by atoms with Crippen molar-refractivity contribution in [3.63, 3.8) is 0 Å². The van der Waals surface area contributed by atoms with E-state index in [4.69, 9.17) is 15.2 Å². The average molecular weight is 460 g/mol. The molecular weight excluding hydrogens is 434 g/mol. The lowest BCUT2D eigenvalue weighted by Gasteiger charge is -2.33. The zero-order chi connectivity index (χ0) is 23.7. The van der Waals surface area contributed by atoms with E-state index < -0.39 is 30.1 Å². The van der Waals surface area contributed by atoms with Crippen LogP contribution in [0.1, 0.15) is 17.4 Å². The Hall–Kier alpha value is -3.63. The predicted molar refractivity (Wildman–Crippen MR) is 125 cm³/mol. The van der Waals surface area contributed by atoms with E-state index in [0.717, 1.165) is 11.1 Å². The number of hydrogen-bond donors (Lipinski definition) is 3. The second kappa shape index (κ2) is 8.96. The number of hydrogen-bond acceptors (Lipinski definition) is 8. The van der Waals surface area contributed by atoms with Crippen molar-refractivity contribution in [2.24, 2.45) is 0 Å². The summed E-state index contributed by atoms with van der Waals surface area (Å²) in [5.74, 6) is 0.221. The molecule has 0 bridgehead atoms. The molecule has 5 rings (SSSR count). The number of aliphatic hydroxyl groups excluding tert-OH is 2. The first kappa shape index (κ1) is 22.2. The van der Waals surface area contributed by atoms with E-state index in [1.165, 1.54) is 17.2 Å². The molecule has 1 fully saturated rings. The van der Waals surface area contributed by atoms with Gasteiger partial charge in [0.25, 0.3) is 0 Å². The third kappa shape index (κ3) is 3.64. The lowest BCUT2D eigenvalue weighted by atomic mass is 9.86. The van der Waals surface area contributed by atoms with Crippen molar-refractivity contribution in [1.82, 2.24) is 19.5 Å². The van der Waals surface area contributed by atoms with Gasteiger partial charge in [-0.2, -0.15) is 0 Å². The van der Waals surface area contributed by atoms with Crippen LogP contribution in [0.25, 0.3) is 11.2 Å². The lowest BCUT2D eigenvalue weighted by Crippen LogP contribution is -2.38. The highest BCUT2D eigenvalue weighted by molar-refractivity contribution is 5.81. The minimum absolute atomic E-state index is 0.00567. The highest BCUT2D eigenvalue weighted by Crippen LogP contribution is 2.37. The summed E-state index contributed by atoms with van der Waals surface area (Å²) >= 11 is 0. The van der Waals surface area contributed by atoms with Crippen molar-refractivity contribution in [3.8, 4) is 0 Å². The molecule has 3 heterocycles. The molecule has 9 nitrogen and oxygen atoms in total. The fourth-order valence-corrected chi connectivity index (χ4v) is 4.37. The third-order valence-corrected chi connectivity index (χ3v) is 6.17. The Morgan fingerprint density at radius 1 is 1.00 bits per heavy atom. The van der Waals surface area contributed by atoms with Crippen LogP contribution in [0.4, 0.5) is 5.82 Å². The Morgan fingerprint density at radius 3 is 2.26 bits per heavy atom.